The van der Waals surface area contributed by atoms with Crippen LogP contribution in [0.5, 0.6) is 11.5 Å². The first-order valence-electron chi connectivity index (χ1n) is 8.75. The molecule has 1 atom stereocenters. The van der Waals surface area contributed by atoms with E-state index in [1.807, 2.05) is 7.05 Å². The molecule has 0 fully saturated rings. The second-order valence-electron chi connectivity index (χ2n) is 6.40. The minimum absolute atomic E-state index is 0.423. The van der Waals surface area contributed by atoms with E-state index in [4.69, 9.17) is 9.47 Å². The van der Waals surface area contributed by atoms with E-state index < -0.39 is 0 Å². The molecule has 128 valence electrons. The first-order valence-corrected chi connectivity index (χ1v) is 8.75. The quantitative estimate of drug-likeness (QED) is 0.816. The lowest BCUT2D eigenvalue weighted by Crippen LogP contribution is -2.11. The van der Waals surface area contributed by atoms with E-state index in [-0.39, 0.29) is 0 Å². The van der Waals surface area contributed by atoms with Crippen LogP contribution in [0.2, 0.25) is 0 Å². The van der Waals surface area contributed by atoms with Gasteiger partial charge in [-0.15, -0.1) is 0 Å². The van der Waals surface area contributed by atoms with Crippen molar-refractivity contribution in [3.05, 3.63) is 58.7 Å². The zero-order valence-corrected chi connectivity index (χ0v) is 14.9. The van der Waals surface area contributed by atoms with E-state index in [2.05, 4.69) is 41.7 Å². The van der Waals surface area contributed by atoms with Gasteiger partial charge in [-0.3, -0.25) is 0 Å². The molecular formula is C21H27NO2. The van der Waals surface area contributed by atoms with Gasteiger partial charge in [0.2, 0.25) is 0 Å². The summed E-state index contributed by atoms with van der Waals surface area (Å²) in [6, 6.07) is 13.3. The van der Waals surface area contributed by atoms with Crippen molar-refractivity contribution in [2.45, 2.75) is 31.6 Å². The van der Waals surface area contributed by atoms with Crippen molar-refractivity contribution in [3.63, 3.8) is 0 Å². The number of nitrogens with one attached hydrogen (secondary N) is 1. The van der Waals surface area contributed by atoms with Gasteiger partial charge in [0.1, 0.15) is 0 Å². The summed E-state index contributed by atoms with van der Waals surface area (Å²) in [5.41, 5.74) is 5.73. The summed E-state index contributed by atoms with van der Waals surface area (Å²) in [4.78, 5) is 0. The van der Waals surface area contributed by atoms with Gasteiger partial charge in [-0.05, 0) is 73.7 Å². The van der Waals surface area contributed by atoms with Gasteiger partial charge >= 0.3 is 0 Å². The summed E-state index contributed by atoms with van der Waals surface area (Å²) in [5.74, 6) is 2.08. The molecule has 2 aromatic carbocycles. The van der Waals surface area contributed by atoms with E-state index in [1.54, 1.807) is 14.2 Å². The normalized spacial score (nSPS) is 16.0. The summed E-state index contributed by atoms with van der Waals surface area (Å²) < 4.78 is 11.1. The molecule has 2 aromatic rings. The molecule has 0 saturated heterocycles. The molecule has 0 radical (unpaired) electrons. The van der Waals surface area contributed by atoms with Crippen LogP contribution in [0.25, 0.3) is 0 Å². The molecule has 0 aromatic heterocycles. The van der Waals surface area contributed by atoms with Crippen LogP contribution in [0.3, 0.4) is 0 Å². The predicted octanol–water partition coefficient (Wildman–Crippen LogP) is 3.93. The van der Waals surface area contributed by atoms with Gasteiger partial charge in [0.15, 0.2) is 11.5 Å². The van der Waals surface area contributed by atoms with Crippen LogP contribution in [-0.2, 0) is 12.8 Å². The molecule has 1 aliphatic rings. The van der Waals surface area contributed by atoms with Crippen molar-refractivity contribution in [1.82, 2.24) is 5.32 Å². The highest BCUT2D eigenvalue weighted by Gasteiger charge is 2.25. The van der Waals surface area contributed by atoms with Gasteiger partial charge in [-0.2, -0.15) is 0 Å². The van der Waals surface area contributed by atoms with E-state index in [0.717, 1.165) is 43.7 Å². The fraction of sp³-hybridized carbons (Fsp3) is 0.429. The number of rotatable bonds is 6. The molecular weight excluding hydrogens is 298 g/mol. The second-order valence-corrected chi connectivity index (χ2v) is 6.40. The molecule has 0 heterocycles. The molecule has 24 heavy (non-hydrogen) atoms. The van der Waals surface area contributed by atoms with E-state index in [0.29, 0.717) is 5.92 Å². The molecule has 0 amide bonds. The van der Waals surface area contributed by atoms with Crippen molar-refractivity contribution in [3.8, 4) is 11.5 Å². The predicted molar refractivity (Wildman–Crippen MR) is 98.4 cm³/mol. The van der Waals surface area contributed by atoms with E-state index in [9.17, 15) is 0 Å². The zero-order chi connectivity index (χ0) is 16.9. The van der Waals surface area contributed by atoms with Crippen LogP contribution in [0.4, 0.5) is 0 Å². The highest BCUT2D eigenvalue weighted by Crippen LogP contribution is 2.41. The van der Waals surface area contributed by atoms with Crippen molar-refractivity contribution in [1.29, 1.82) is 0 Å². The molecule has 0 aliphatic heterocycles. The number of hydrogen-bond acceptors (Lipinski definition) is 3. The third kappa shape index (κ3) is 3.27. The summed E-state index contributed by atoms with van der Waals surface area (Å²) >= 11 is 0. The number of aryl methyl sites for hydroxylation is 2. The highest BCUT2D eigenvalue weighted by molar-refractivity contribution is 5.53. The highest BCUT2D eigenvalue weighted by atomic mass is 16.5. The summed E-state index contributed by atoms with van der Waals surface area (Å²) in [5, 5.41) is 3.27. The molecule has 1 N–H and O–H groups in total. The Morgan fingerprint density at radius 2 is 1.67 bits per heavy atom. The van der Waals surface area contributed by atoms with Gasteiger partial charge in [-0.25, -0.2) is 0 Å². The Hall–Kier alpha value is -2.00. The Balaban J connectivity index is 2.08. The monoisotopic (exact) mass is 325 g/mol. The maximum absolute atomic E-state index is 5.57. The largest absolute Gasteiger partial charge is 0.493 e. The van der Waals surface area contributed by atoms with Gasteiger partial charge in [0.25, 0.3) is 0 Å². The van der Waals surface area contributed by atoms with Gasteiger partial charge < -0.3 is 14.8 Å². The third-order valence-electron chi connectivity index (χ3n) is 5.03. The van der Waals surface area contributed by atoms with Crippen molar-refractivity contribution in [2.24, 2.45) is 0 Å². The number of benzene rings is 2. The standard InChI is InChI=1S/C21H27NO2/c1-22-12-6-9-18-17-8-5-4-7-15(17)10-11-16-13-20(23-2)21(24-3)14-19(16)18/h4-5,7-8,13-14,18,22H,6,9-12H2,1-3H3. The Labute approximate surface area is 145 Å². The lowest BCUT2D eigenvalue weighted by Gasteiger charge is -2.22. The topological polar surface area (TPSA) is 30.5 Å². The maximum Gasteiger partial charge on any atom is 0.161 e. The Bertz CT molecular complexity index is 696. The first-order chi connectivity index (χ1) is 11.8. The Kier molecular flexibility index (Phi) is 5.41. The smallest absolute Gasteiger partial charge is 0.161 e. The van der Waals surface area contributed by atoms with Crippen molar-refractivity contribution >= 4 is 0 Å². The molecule has 3 nitrogen and oxygen atoms in total. The Morgan fingerprint density at radius 3 is 2.42 bits per heavy atom. The van der Waals surface area contributed by atoms with Crippen LogP contribution in [0.15, 0.2) is 36.4 Å². The van der Waals surface area contributed by atoms with Crippen LogP contribution < -0.4 is 14.8 Å². The minimum Gasteiger partial charge on any atom is -0.493 e. The molecule has 0 bridgehead atoms. The van der Waals surface area contributed by atoms with Crippen LogP contribution >= 0.6 is 0 Å². The van der Waals surface area contributed by atoms with Crippen molar-refractivity contribution in [2.75, 3.05) is 27.8 Å². The van der Waals surface area contributed by atoms with Gasteiger partial charge in [0, 0.05) is 5.92 Å². The first kappa shape index (κ1) is 16.8. The average Bonchev–Trinajstić information content (AvgIpc) is 2.78. The summed E-state index contributed by atoms with van der Waals surface area (Å²) in [6.07, 6.45) is 4.43. The van der Waals surface area contributed by atoms with Gasteiger partial charge in [0.05, 0.1) is 14.2 Å². The fourth-order valence-corrected chi connectivity index (χ4v) is 3.81. The minimum atomic E-state index is 0.423. The number of hydrogen-bond donors (Lipinski definition) is 1. The fourth-order valence-electron chi connectivity index (χ4n) is 3.81. The molecule has 3 heteroatoms. The molecule has 3 rings (SSSR count). The molecule has 0 spiro atoms. The second kappa shape index (κ2) is 7.71. The number of fused-ring (bicyclic) bond motifs is 2. The number of ether oxygens (including phenoxy) is 2. The van der Waals surface area contributed by atoms with E-state index in [1.165, 1.54) is 22.3 Å². The van der Waals surface area contributed by atoms with Gasteiger partial charge in [-0.1, -0.05) is 24.3 Å². The lowest BCUT2D eigenvalue weighted by molar-refractivity contribution is 0.354. The maximum atomic E-state index is 5.57. The molecule has 1 unspecified atom stereocenters. The SMILES string of the molecule is CNCCCC1c2ccccc2CCc2cc(OC)c(OC)cc21. The van der Waals surface area contributed by atoms with Crippen LogP contribution in [0.1, 0.15) is 41.0 Å². The zero-order valence-electron chi connectivity index (χ0n) is 14.9. The van der Waals surface area contributed by atoms with Crippen molar-refractivity contribution < 1.29 is 9.47 Å². The number of methoxy groups -OCH3 is 2. The van der Waals surface area contributed by atoms with E-state index >= 15 is 0 Å². The average molecular weight is 325 g/mol. The molecule has 1 aliphatic carbocycles. The molecule has 0 saturated carbocycles. The van der Waals surface area contributed by atoms with Crippen LogP contribution in [-0.4, -0.2) is 27.8 Å². The Morgan fingerprint density at radius 1 is 0.958 bits per heavy atom. The lowest BCUT2D eigenvalue weighted by atomic mass is 9.84. The summed E-state index contributed by atoms with van der Waals surface area (Å²) in [7, 11) is 5.44. The summed E-state index contributed by atoms with van der Waals surface area (Å²) in [6.45, 7) is 1.04. The van der Waals surface area contributed by atoms with Crippen LogP contribution in [0, 0.1) is 0 Å². The third-order valence-corrected chi connectivity index (χ3v) is 5.03.